The Hall–Kier alpha value is -2.27. The van der Waals surface area contributed by atoms with Crippen LogP contribution in [-0.4, -0.2) is 16.4 Å². The second-order valence-corrected chi connectivity index (χ2v) is 4.68. The summed E-state index contributed by atoms with van der Waals surface area (Å²) in [6, 6.07) is 12.0. The van der Waals surface area contributed by atoms with Crippen LogP contribution in [0.4, 0.5) is 0 Å². The van der Waals surface area contributed by atoms with E-state index >= 15 is 0 Å². The van der Waals surface area contributed by atoms with Crippen LogP contribution in [0, 0.1) is 0 Å². The molecule has 5 heteroatoms. The van der Waals surface area contributed by atoms with Crippen molar-refractivity contribution in [3.63, 3.8) is 0 Å². The lowest BCUT2D eigenvalue weighted by Crippen LogP contribution is -1.98. The Balaban J connectivity index is 2.39. The Morgan fingerprint density at radius 2 is 2.00 bits per heavy atom. The largest absolute Gasteiger partial charge is 0.323 e. The molecule has 0 spiro atoms. The van der Waals surface area contributed by atoms with Crippen molar-refractivity contribution < 1.29 is 0 Å². The maximum absolute atomic E-state index is 5.23. The Morgan fingerprint density at radius 3 is 2.78 bits per heavy atom. The molecule has 2 N–H and O–H groups in total. The molecule has 1 aromatic carbocycles. The van der Waals surface area contributed by atoms with Crippen LogP contribution in [0.3, 0.4) is 0 Å². The summed E-state index contributed by atoms with van der Waals surface area (Å²) >= 11 is 1.66. The van der Waals surface area contributed by atoms with Gasteiger partial charge >= 0.3 is 0 Å². The fraction of sp³-hybridized carbons (Fsp3) is 0. The Labute approximate surface area is 108 Å². The van der Waals surface area contributed by atoms with Gasteiger partial charge in [0.15, 0.2) is 0 Å². The summed E-state index contributed by atoms with van der Waals surface area (Å²) in [6.45, 7) is 0. The first-order chi connectivity index (χ1) is 8.90. The molecule has 2 aromatic heterocycles. The summed E-state index contributed by atoms with van der Waals surface area (Å²) in [4.78, 5) is 1.14. The predicted molar refractivity (Wildman–Crippen MR) is 74.6 cm³/mol. The highest BCUT2D eigenvalue weighted by atomic mass is 32.1. The van der Waals surface area contributed by atoms with Gasteiger partial charge in [0.25, 0.3) is 0 Å². The number of nitrogens with zero attached hydrogens (tertiary/aromatic N) is 3. The molecule has 2 heterocycles. The number of rotatable bonds is 2. The van der Waals surface area contributed by atoms with Crippen LogP contribution < -0.4 is 5.84 Å². The molecule has 0 aliphatic carbocycles. The molecule has 88 valence electrons. The smallest absolute Gasteiger partial charge is 0.115 e. The van der Waals surface area contributed by atoms with Gasteiger partial charge in [-0.3, -0.25) is 0 Å². The second-order valence-electron chi connectivity index (χ2n) is 3.73. The van der Waals surface area contributed by atoms with Crippen molar-refractivity contribution in [1.29, 1.82) is 0 Å². The van der Waals surface area contributed by atoms with E-state index in [2.05, 4.69) is 21.4 Å². The lowest BCUT2D eigenvalue weighted by Gasteiger charge is -2.06. The Bertz CT molecular complexity index is 704. The SMILES string of the molecule is N/N=C/c1nnc2ccccc2c1-c1cccs1. The quantitative estimate of drug-likeness (QED) is 0.434. The third kappa shape index (κ3) is 1.74. The number of nitrogens with two attached hydrogens (primary N) is 1. The van der Waals surface area contributed by atoms with Crippen molar-refractivity contribution in [2.75, 3.05) is 0 Å². The van der Waals surface area contributed by atoms with E-state index in [0.717, 1.165) is 21.3 Å². The van der Waals surface area contributed by atoms with E-state index in [1.54, 1.807) is 11.3 Å². The van der Waals surface area contributed by atoms with Crippen LogP contribution in [0.5, 0.6) is 0 Å². The van der Waals surface area contributed by atoms with Gasteiger partial charge in [-0.25, -0.2) is 0 Å². The van der Waals surface area contributed by atoms with E-state index in [4.69, 9.17) is 5.84 Å². The number of benzene rings is 1. The van der Waals surface area contributed by atoms with Crippen LogP contribution in [0.1, 0.15) is 5.69 Å². The van der Waals surface area contributed by atoms with Gasteiger partial charge in [0.2, 0.25) is 0 Å². The highest BCUT2D eigenvalue weighted by molar-refractivity contribution is 7.13. The van der Waals surface area contributed by atoms with E-state index in [1.165, 1.54) is 6.21 Å². The molecule has 0 saturated carbocycles. The number of thiophene rings is 1. The first kappa shape index (κ1) is 10.9. The highest BCUT2D eigenvalue weighted by Gasteiger charge is 2.11. The summed E-state index contributed by atoms with van der Waals surface area (Å²) in [6.07, 6.45) is 1.54. The van der Waals surface area contributed by atoms with Gasteiger partial charge in [-0.2, -0.15) is 5.10 Å². The summed E-state index contributed by atoms with van der Waals surface area (Å²) in [5.74, 6) is 5.23. The predicted octanol–water partition coefficient (Wildman–Crippen LogP) is 2.65. The Morgan fingerprint density at radius 1 is 1.11 bits per heavy atom. The normalized spacial score (nSPS) is 11.3. The maximum Gasteiger partial charge on any atom is 0.115 e. The van der Waals surface area contributed by atoms with Crippen molar-refractivity contribution >= 4 is 28.5 Å². The van der Waals surface area contributed by atoms with E-state index in [1.807, 2.05) is 35.7 Å². The minimum absolute atomic E-state index is 0.693. The molecule has 0 radical (unpaired) electrons. The first-order valence-corrected chi connectivity index (χ1v) is 6.30. The summed E-state index contributed by atoms with van der Waals surface area (Å²) in [7, 11) is 0. The number of hydrogen-bond acceptors (Lipinski definition) is 5. The van der Waals surface area contributed by atoms with Crippen LogP contribution in [-0.2, 0) is 0 Å². The summed E-state index contributed by atoms with van der Waals surface area (Å²) in [5.41, 5.74) is 2.60. The number of fused-ring (bicyclic) bond motifs is 1. The van der Waals surface area contributed by atoms with Crippen molar-refractivity contribution in [3.05, 3.63) is 47.5 Å². The molecule has 0 bridgehead atoms. The monoisotopic (exact) mass is 254 g/mol. The van der Waals surface area contributed by atoms with Crippen molar-refractivity contribution in [2.45, 2.75) is 0 Å². The lowest BCUT2D eigenvalue weighted by atomic mass is 10.1. The molecule has 0 amide bonds. The molecule has 0 saturated heterocycles. The van der Waals surface area contributed by atoms with Crippen LogP contribution in [0.2, 0.25) is 0 Å². The van der Waals surface area contributed by atoms with E-state index in [9.17, 15) is 0 Å². The molecular formula is C13H10N4S. The van der Waals surface area contributed by atoms with Crippen LogP contribution in [0.25, 0.3) is 21.3 Å². The first-order valence-electron chi connectivity index (χ1n) is 5.42. The molecule has 4 nitrogen and oxygen atoms in total. The number of aromatic nitrogens is 2. The van der Waals surface area contributed by atoms with E-state index in [-0.39, 0.29) is 0 Å². The van der Waals surface area contributed by atoms with Gasteiger partial charge in [0.1, 0.15) is 5.69 Å². The molecule has 0 aliphatic rings. The number of hydrogen-bond donors (Lipinski definition) is 1. The molecule has 0 fully saturated rings. The topological polar surface area (TPSA) is 64.2 Å². The zero-order chi connectivity index (χ0) is 12.4. The zero-order valence-corrected chi connectivity index (χ0v) is 10.3. The molecule has 0 aliphatic heterocycles. The molecule has 18 heavy (non-hydrogen) atoms. The minimum atomic E-state index is 0.693. The average molecular weight is 254 g/mol. The standard InChI is InChI=1S/C13H10N4S/c14-15-8-11-13(12-6-3-7-18-12)9-4-1-2-5-10(9)16-17-11/h1-8H,14H2/b15-8+. The zero-order valence-electron chi connectivity index (χ0n) is 9.45. The fourth-order valence-electron chi connectivity index (χ4n) is 1.91. The maximum atomic E-state index is 5.23. The van der Waals surface area contributed by atoms with Crippen LogP contribution >= 0.6 is 11.3 Å². The Kier molecular flexibility index (Phi) is 2.74. The summed E-state index contributed by atoms with van der Waals surface area (Å²) < 4.78 is 0. The lowest BCUT2D eigenvalue weighted by molar-refractivity contribution is 1.06. The molecule has 0 unspecified atom stereocenters. The van der Waals surface area contributed by atoms with Gasteiger partial charge in [-0.1, -0.05) is 24.3 Å². The fourth-order valence-corrected chi connectivity index (χ4v) is 2.70. The van der Waals surface area contributed by atoms with Crippen molar-refractivity contribution in [3.8, 4) is 10.4 Å². The van der Waals surface area contributed by atoms with Gasteiger partial charge in [0, 0.05) is 15.8 Å². The summed E-state index contributed by atoms with van der Waals surface area (Å²) in [5, 5.41) is 15.0. The van der Waals surface area contributed by atoms with Gasteiger partial charge in [-0.15, -0.1) is 21.5 Å². The van der Waals surface area contributed by atoms with Gasteiger partial charge < -0.3 is 5.84 Å². The molecule has 3 aromatic rings. The molecule has 3 rings (SSSR count). The third-order valence-corrected chi connectivity index (χ3v) is 3.55. The highest BCUT2D eigenvalue weighted by Crippen LogP contribution is 2.32. The average Bonchev–Trinajstić information content (AvgIpc) is 2.92. The number of hydrazone groups is 1. The van der Waals surface area contributed by atoms with Crippen molar-refractivity contribution in [1.82, 2.24) is 10.2 Å². The second kappa shape index (κ2) is 4.54. The van der Waals surface area contributed by atoms with E-state index in [0.29, 0.717) is 5.69 Å². The third-order valence-electron chi connectivity index (χ3n) is 2.66. The molecular weight excluding hydrogens is 244 g/mol. The van der Waals surface area contributed by atoms with Gasteiger partial charge in [0.05, 0.1) is 11.7 Å². The van der Waals surface area contributed by atoms with E-state index < -0.39 is 0 Å². The minimum Gasteiger partial charge on any atom is -0.323 e. The van der Waals surface area contributed by atoms with Gasteiger partial charge in [-0.05, 0) is 17.5 Å². The van der Waals surface area contributed by atoms with Crippen LogP contribution in [0.15, 0.2) is 46.9 Å². The molecule has 0 atom stereocenters. The van der Waals surface area contributed by atoms with Crippen molar-refractivity contribution in [2.24, 2.45) is 10.9 Å².